The first kappa shape index (κ1) is 24.5. The lowest BCUT2D eigenvalue weighted by Crippen LogP contribution is -2.04. The fraction of sp³-hybridized carbons (Fsp3) is 0.200. The first-order valence-electron chi connectivity index (χ1n) is 8.98. The molecule has 1 N–H and O–H groups in total. The molecule has 0 saturated heterocycles. The summed E-state index contributed by atoms with van der Waals surface area (Å²) in [7, 11) is 0. The molecule has 0 saturated carbocycles. The molecule has 5 nitrogen and oxygen atoms in total. The summed E-state index contributed by atoms with van der Waals surface area (Å²) in [6.45, 7) is 0.313. The summed E-state index contributed by atoms with van der Waals surface area (Å²) in [6, 6.07) is 7.66. The Labute approximate surface area is 201 Å². The average Bonchev–Trinajstić information content (AvgIpc) is 3.18. The Kier molecular flexibility index (Phi) is 8.16. The standard InChI is InChI=1S/C20H14Cl4F3N3O2/c21-14-9-13(31-7-5-16(23)24)10-15(22)18(14)32-8-6-17-28-19(30-29-17)11-1-3-12(4-2-11)20(25,26)27/h1-5,9-10H,6-8H2,(H,28,29,30). The quantitative estimate of drug-likeness (QED) is 0.339. The molecule has 0 amide bonds. The van der Waals surface area contributed by atoms with Gasteiger partial charge in [0.15, 0.2) is 11.6 Å². The number of nitrogens with one attached hydrogen (secondary N) is 1. The fourth-order valence-corrected chi connectivity index (χ4v) is 3.26. The molecule has 170 valence electrons. The van der Waals surface area contributed by atoms with Crippen molar-refractivity contribution in [2.75, 3.05) is 13.2 Å². The molecule has 0 radical (unpaired) electrons. The Balaban J connectivity index is 1.58. The summed E-state index contributed by atoms with van der Waals surface area (Å²) in [6.07, 6.45) is -2.61. The van der Waals surface area contributed by atoms with E-state index in [1.807, 2.05) is 0 Å². The van der Waals surface area contributed by atoms with Crippen LogP contribution in [-0.2, 0) is 12.6 Å². The molecule has 0 bridgehead atoms. The van der Waals surface area contributed by atoms with E-state index in [0.717, 1.165) is 12.1 Å². The molecule has 1 heterocycles. The van der Waals surface area contributed by atoms with Crippen molar-refractivity contribution >= 4 is 46.4 Å². The Morgan fingerprint density at radius 3 is 2.28 bits per heavy atom. The van der Waals surface area contributed by atoms with E-state index in [1.165, 1.54) is 30.3 Å². The van der Waals surface area contributed by atoms with Crippen molar-refractivity contribution in [2.24, 2.45) is 0 Å². The van der Waals surface area contributed by atoms with Gasteiger partial charge in [0, 0.05) is 24.1 Å². The topological polar surface area (TPSA) is 60.0 Å². The Hall–Kier alpha value is -2.13. The molecular weight excluding hydrogens is 513 g/mol. The van der Waals surface area contributed by atoms with Crippen LogP contribution in [0.15, 0.2) is 47.0 Å². The maximum absolute atomic E-state index is 12.7. The van der Waals surface area contributed by atoms with Crippen LogP contribution in [0.1, 0.15) is 11.4 Å². The highest BCUT2D eigenvalue weighted by molar-refractivity contribution is 6.55. The minimum absolute atomic E-state index is 0.0797. The molecular formula is C20H14Cl4F3N3O2. The monoisotopic (exact) mass is 525 g/mol. The van der Waals surface area contributed by atoms with Crippen LogP contribution in [0.25, 0.3) is 11.4 Å². The summed E-state index contributed by atoms with van der Waals surface area (Å²) in [4.78, 5) is 4.27. The van der Waals surface area contributed by atoms with E-state index in [9.17, 15) is 13.2 Å². The number of aromatic amines is 1. The van der Waals surface area contributed by atoms with Crippen molar-refractivity contribution in [1.82, 2.24) is 15.2 Å². The predicted molar refractivity (Wildman–Crippen MR) is 118 cm³/mol. The van der Waals surface area contributed by atoms with Crippen molar-refractivity contribution in [1.29, 1.82) is 0 Å². The zero-order valence-electron chi connectivity index (χ0n) is 16.0. The van der Waals surface area contributed by atoms with E-state index in [-0.39, 0.29) is 39.3 Å². The summed E-state index contributed by atoms with van der Waals surface area (Å²) < 4.78 is 49.2. The van der Waals surface area contributed by atoms with Gasteiger partial charge in [-0.3, -0.25) is 5.10 Å². The van der Waals surface area contributed by atoms with E-state index in [1.54, 1.807) is 0 Å². The zero-order chi connectivity index (χ0) is 23.3. The number of H-pyrrole nitrogens is 1. The van der Waals surface area contributed by atoms with Crippen LogP contribution in [0, 0.1) is 0 Å². The fourth-order valence-electron chi connectivity index (χ4n) is 2.55. The molecule has 0 fully saturated rings. The van der Waals surface area contributed by atoms with Crippen molar-refractivity contribution < 1.29 is 22.6 Å². The van der Waals surface area contributed by atoms with Gasteiger partial charge in [-0.15, -0.1) is 0 Å². The number of halogens is 7. The van der Waals surface area contributed by atoms with Gasteiger partial charge in [-0.1, -0.05) is 58.5 Å². The van der Waals surface area contributed by atoms with E-state index >= 15 is 0 Å². The van der Waals surface area contributed by atoms with Crippen molar-refractivity contribution in [3.63, 3.8) is 0 Å². The second-order valence-electron chi connectivity index (χ2n) is 6.30. The lowest BCUT2D eigenvalue weighted by molar-refractivity contribution is -0.137. The van der Waals surface area contributed by atoms with Crippen molar-refractivity contribution in [3.05, 3.63) is 68.4 Å². The number of benzene rings is 2. The summed E-state index contributed by atoms with van der Waals surface area (Å²) in [5.41, 5.74) is -0.289. The minimum Gasteiger partial charge on any atom is -0.490 e. The first-order chi connectivity index (χ1) is 15.1. The molecule has 12 heteroatoms. The number of ether oxygens (including phenoxy) is 2. The van der Waals surface area contributed by atoms with Crippen LogP contribution in [0.5, 0.6) is 11.5 Å². The maximum Gasteiger partial charge on any atom is 0.416 e. The highest BCUT2D eigenvalue weighted by atomic mass is 35.5. The van der Waals surface area contributed by atoms with Crippen LogP contribution >= 0.6 is 46.4 Å². The van der Waals surface area contributed by atoms with Gasteiger partial charge in [0.05, 0.1) is 22.2 Å². The number of hydrogen-bond donors (Lipinski definition) is 1. The predicted octanol–water partition coefficient (Wildman–Crippen LogP) is 7.12. The normalized spacial score (nSPS) is 11.3. The number of aromatic nitrogens is 3. The third-order valence-corrected chi connectivity index (χ3v) is 4.92. The Morgan fingerprint density at radius 1 is 1.03 bits per heavy atom. The van der Waals surface area contributed by atoms with Gasteiger partial charge in [-0.05, 0) is 18.2 Å². The van der Waals surface area contributed by atoms with Crippen molar-refractivity contribution in [2.45, 2.75) is 12.6 Å². The van der Waals surface area contributed by atoms with E-state index in [0.29, 0.717) is 23.6 Å². The third-order valence-electron chi connectivity index (χ3n) is 4.05. The Bertz CT molecular complexity index is 1080. The second kappa shape index (κ2) is 10.7. The van der Waals surface area contributed by atoms with Gasteiger partial charge < -0.3 is 9.47 Å². The molecule has 0 aliphatic carbocycles. The van der Waals surface area contributed by atoms with Gasteiger partial charge >= 0.3 is 6.18 Å². The first-order valence-corrected chi connectivity index (χ1v) is 10.5. The summed E-state index contributed by atoms with van der Waals surface area (Å²) in [5.74, 6) is 1.44. The smallest absolute Gasteiger partial charge is 0.416 e. The van der Waals surface area contributed by atoms with Gasteiger partial charge in [-0.2, -0.15) is 18.3 Å². The number of nitrogens with zero attached hydrogens (tertiary/aromatic N) is 2. The lowest BCUT2D eigenvalue weighted by atomic mass is 10.1. The minimum atomic E-state index is -4.40. The number of alkyl halides is 3. The van der Waals surface area contributed by atoms with Crippen LogP contribution in [0.2, 0.25) is 10.0 Å². The van der Waals surface area contributed by atoms with Gasteiger partial charge in [0.2, 0.25) is 0 Å². The third kappa shape index (κ3) is 6.68. The maximum atomic E-state index is 12.7. The number of hydrogen-bond acceptors (Lipinski definition) is 4. The van der Waals surface area contributed by atoms with Crippen LogP contribution in [-0.4, -0.2) is 28.4 Å². The summed E-state index contributed by atoms with van der Waals surface area (Å²) >= 11 is 23.5. The molecule has 0 spiro atoms. The van der Waals surface area contributed by atoms with E-state index < -0.39 is 11.7 Å². The summed E-state index contributed by atoms with van der Waals surface area (Å²) in [5, 5.41) is 7.25. The molecule has 0 aliphatic rings. The van der Waals surface area contributed by atoms with E-state index in [2.05, 4.69) is 15.2 Å². The molecule has 1 aromatic heterocycles. The second-order valence-corrected chi connectivity index (χ2v) is 8.12. The van der Waals surface area contributed by atoms with Crippen LogP contribution < -0.4 is 9.47 Å². The highest BCUT2D eigenvalue weighted by Gasteiger charge is 2.30. The lowest BCUT2D eigenvalue weighted by Gasteiger charge is -2.11. The highest BCUT2D eigenvalue weighted by Crippen LogP contribution is 2.37. The largest absolute Gasteiger partial charge is 0.490 e. The molecule has 3 aromatic rings. The van der Waals surface area contributed by atoms with Gasteiger partial charge in [-0.25, -0.2) is 4.98 Å². The zero-order valence-corrected chi connectivity index (χ0v) is 19.0. The molecule has 0 unspecified atom stereocenters. The van der Waals surface area contributed by atoms with Crippen molar-refractivity contribution in [3.8, 4) is 22.9 Å². The SMILES string of the molecule is FC(F)(F)c1ccc(-c2n[nH]c(CCOc3c(Cl)cc(OCC=C(Cl)Cl)cc3Cl)n2)cc1. The number of rotatable bonds is 8. The average molecular weight is 527 g/mol. The molecule has 0 atom stereocenters. The molecule has 32 heavy (non-hydrogen) atoms. The molecule has 2 aromatic carbocycles. The molecule has 3 rings (SSSR count). The van der Waals surface area contributed by atoms with Gasteiger partial charge in [0.1, 0.15) is 22.7 Å². The molecule has 0 aliphatic heterocycles. The van der Waals surface area contributed by atoms with Crippen LogP contribution in [0.3, 0.4) is 0 Å². The van der Waals surface area contributed by atoms with Gasteiger partial charge in [0.25, 0.3) is 0 Å². The van der Waals surface area contributed by atoms with Crippen LogP contribution in [0.4, 0.5) is 13.2 Å². The van der Waals surface area contributed by atoms with E-state index in [4.69, 9.17) is 55.9 Å². The Morgan fingerprint density at radius 2 is 1.69 bits per heavy atom.